The van der Waals surface area contributed by atoms with E-state index in [1.54, 1.807) is 43.6 Å². The van der Waals surface area contributed by atoms with Crippen molar-refractivity contribution in [2.45, 2.75) is 148 Å². The number of carbonyl (C=O) groups is 4. The smallest absolute Gasteiger partial charge is 0.408 e. The Labute approximate surface area is 358 Å². The number of unbranched alkanes of at least 4 members (excludes halogenated alkanes) is 3. The number of primary amides is 1. The molecule has 5 N–H and O–H groups in total. The van der Waals surface area contributed by atoms with Crippen LogP contribution in [0.15, 0.2) is 40.5 Å². The fraction of sp³-hybridized carbons (Fsp3) is 0.628. The largest absolute Gasteiger partial charge is 0.444 e. The highest BCUT2D eigenvalue weighted by Crippen LogP contribution is 2.44. The number of sulfonamides is 1. The van der Waals surface area contributed by atoms with Crippen molar-refractivity contribution < 1.29 is 32.3 Å². The number of amides is 4. The first-order valence-corrected chi connectivity index (χ1v) is 23.4. The third-order valence-electron chi connectivity index (χ3n) is 10.7. The number of nitrogens with one attached hydrogen (secondary N) is 3. The number of nitrogens with zero attached hydrogens (tertiary/aromatic N) is 3. The molecule has 3 unspecified atom stereocenters. The summed E-state index contributed by atoms with van der Waals surface area (Å²) in [5.41, 5.74) is 8.45. The van der Waals surface area contributed by atoms with Crippen LogP contribution >= 0.6 is 11.3 Å². The molecule has 3 aromatic rings. The lowest BCUT2D eigenvalue weighted by molar-refractivity contribution is -0.136. The Bertz CT molecular complexity index is 2180. The quantitative estimate of drug-likeness (QED) is 0.0978. The molecule has 0 bridgehead atoms. The molecule has 3 aliphatic rings. The summed E-state index contributed by atoms with van der Waals surface area (Å²) in [6.07, 6.45) is 11.6. The molecular formula is C43H65N7O8S2. The summed E-state index contributed by atoms with van der Waals surface area (Å²) < 4.78 is 32.2. The van der Waals surface area contributed by atoms with Gasteiger partial charge in [0.25, 0.3) is 0 Å². The average molecular weight is 872 g/mol. The highest BCUT2D eigenvalue weighted by molar-refractivity contribution is 7.91. The molecule has 2 aliphatic carbocycles. The maximum Gasteiger partial charge on any atom is 0.408 e. The first-order valence-electron chi connectivity index (χ1n) is 21.1. The number of nitrogens with two attached hydrogens (primary N) is 1. The Morgan fingerprint density at radius 1 is 1.13 bits per heavy atom. The number of imidazole rings is 1. The van der Waals surface area contributed by atoms with E-state index in [9.17, 15) is 32.4 Å². The highest BCUT2D eigenvalue weighted by atomic mass is 32.2. The van der Waals surface area contributed by atoms with Gasteiger partial charge in [0.05, 0.1) is 21.5 Å². The molecule has 60 heavy (non-hydrogen) atoms. The second-order valence-electron chi connectivity index (χ2n) is 17.7. The van der Waals surface area contributed by atoms with E-state index >= 15 is 0 Å². The van der Waals surface area contributed by atoms with Crippen molar-refractivity contribution in [3.8, 4) is 10.6 Å². The standard InChI is InChI=1S/C16H19N3OS.C15H25NO3S.C12H21N3O4/c1-9(2)12-8-21-15(17-12)11-6-5-7-13-14(11)18-16(20)19(13)10(3)4;1-3-4-5-6-7-8-12-11-13(12)14(17)16-20(18,19)15(2)9-10-15;1-12(2,3)19-11(18)14-7-9(16)15-6-4-5-8(15)10(13)17/h5-10H,1-4H3,(H,18,20);7-8,12-13H,3-6,9-11H2,1-2H3,(H,16,17);8H,4-7H2,1-3H3,(H2,13,17)(H,14,18)/b;8-7-;. The number of H-pyrrole nitrogens is 1. The fourth-order valence-electron chi connectivity index (χ4n) is 6.73. The topological polar surface area (TPSA) is 216 Å². The van der Waals surface area contributed by atoms with Gasteiger partial charge in [0.2, 0.25) is 27.7 Å². The third kappa shape index (κ3) is 13.0. The van der Waals surface area contributed by atoms with Crippen LogP contribution in [0.25, 0.3) is 21.6 Å². The number of aromatic nitrogens is 3. The zero-order chi connectivity index (χ0) is 44.6. The summed E-state index contributed by atoms with van der Waals surface area (Å²) in [6.45, 7) is 17.7. The highest BCUT2D eigenvalue weighted by Gasteiger charge is 2.52. The molecule has 2 aromatic heterocycles. The Hall–Kier alpha value is -4.51. The predicted molar refractivity (Wildman–Crippen MR) is 236 cm³/mol. The first kappa shape index (κ1) is 48.2. The molecule has 4 amide bonds. The van der Waals surface area contributed by atoms with Gasteiger partial charge in [-0.25, -0.2) is 23.0 Å². The van der Waals surface area contributed by atoms with E-state index < -0.39 is 38.4 Å². The van der Waals surface area contributed by atoms with Crippen LogP contribution in [-0.4, -0.2) is 81.1 Å². The van der Waals surface area contributed by atoms with Crippen molar-refractivity contribution in [2.75, 3.05) is 13.1 Å². The van der Waals surface area contributed by atoms with Crippen molar-refractivity contribution in [3.63, 3.8) is 0 Å². The first-order chi connectivity index (χ1) is 28.1. The van der Waals surface area contributed by atoms with Crippen molar-refractivity contribution in [3.05, 3.63) is 51.9 Å². The summed E-state index contributed by atoms with van der Waals surface area (Å²) >= 11 is 1.63. The molecule has 3 heterocycles. The van der Waals surface area contributed by atoms with Gasteiger partial charge in [0, 0.05) is 29.4 Å². The van der Waals surface area contributed by atoms with Gasteiger partial charge in [-0.2, -0.15) is 0 Å². The summed E-state index contributed by atoms with van der Waals surface area (Å²) in [6, 6.07) is 5.55. The molecule has 1 aromatic carbocycles. The van der Waals surface area contributed by atoms with Gasteiger partial charge in [0.1, 0.15) is 23.2 Å². The summed E-state index contributed by atoms with van der Waals surface area (Å²) in [4.78, 5) is 67.6. The maximum atomic E-state index is 12.2. The number of alkyl carbamates (subject to hydrolysis) is 1. The van der Waals surface area contributed by atoms with Gasteiger partial charge in [0.15, 0.2) is 0 Å². The molecule has 332 valence electrons. The zero-order valence-corrected chi connectivity index (χ0v) is 38.3. The van der Waals surface area contributed by atoms with Crippen LogP contribution in [0.5, 0.6) is 0 Å². The van der Waals surface area contributed by atoms with E-state index in [0.717, 1.165) is 46.6 Å². The molecule has 1 aliphatic heterocycles. The number of allylic oxidation sites excluding steroid dienone is 2. The number of fused-ring (bicyclic) bond motifs is 1. The van der Waals surface area contributed by atoms with E-state index in [1.165, 1.54) is 24.2 Å². The predicted octanol–water partition coefficient (Wildman–Crippen LogP) is 6.90. The van der Waals surface area contributed by atoms with Gasteiger partial charge < -0.3 is 25.7 Å². The Balaban J connectivity index is 0.000000199. The van der Waals surface area contributed by atoms with E-state index in [1.807, 2.05) is 32.0 Å². The Kier molecular flexibility index (Phi) is 16.3. The number of aromatic amines is 1. The molecule has 0 spiro atoms. The van der Waals surface area contributed by atoms with Crippen LogP contribution in [0.3, 0.4) is 0 Å². The lowest BCUT2D eigenvalue weighted by atomic mass is 10.1. The number of hydrogen-bond donors (Lipinski definition) is 4. The molecular weight excluding hydrogens is 807 g/mol. The molecule has 2 saturated carbocycles. The van der Waals surface area contributed by atoms with Gasteiger partial charge in [-0.1, -0.05) is 51.8 Å². The average Bonchev–Trinajstić information content (AvgIpc) is 3.88. The minimum Gasteiger partial charge on any atom is -0.444 e. The molecule has 15 nitrogen and oxygen atoms in total. The number of hydrogen-bond acceptors (Lipinski definition) is 10. The summed E-state index contributed by atoms with van der Waals surface area (Å²) in [5, 5.41) is 5.42. The van der Waals surface area contributed by atoms with Crippen molar-refractivity contribution in [1.29, 1.82) is 0 Å². The Morgan fingerprint density at radius 2 is 1.83 bits per heavy atom. The normalized spacial score (nSPS) is 19.4. The van der Waals surface area contributed by atoms with Gasteiger partial charge >= 0.3 is 11.8 Å². The van der Waals surface area contributed by atoms with Gasteiger partial charge in [-0.3, -0.25) is 23.7 Å². The molecule has 3 atom stereocenters. The van der Waals surface area contributed by atoms with E-state index in [4.69, 9.17) is 15.5 Å². The molecule has 3 fully saturated rings. The maximum absolute atomic E-state index is 12.2. The van der Waals surface area contributed by atoms with Crippen LogP contribution in [0.1, 0.15) is 138 Å². The van der Waals surface area contributed by atoms with Crippen LogP contribution < -0.4 is 21.5 Å². The molecule has 6 rings (SSSR count). The second kappa shape index (κ2) is 20.4. The number of para-hydroxylation sites is 1. The number of thiazole rings is 1. The number of likely N-dealkylation sites (tertiary alicyclic amines) is 1. The lowest BCUT2D eigenvalue weighted by Gasteiger charge is -2.23. The lowest BCUT2D eigenvalue weighted by Crippen LogP contribution is -2.48. The summed E-state index contributed by atoms with van der Waals surface area (Å²) in [5.74, 6) is -0.654. The second-order valence-corrected chi connectivity index (χ2v) is 20.7. The molecule has 17 heteroatoms. The van der Waals surface area contributed by atoms with Crippen LogP contribution in [0.2, 0.25) is 0 Å². The number of ether oxygens (including phenoxy) is 1. The van der Waals surface area contributed by atoms with E-state index in [-0.39, 0.29) is 41.9 Å². The monoisotopic (exact) mass is 871 g/mol. The van der Waals surface area contributed by atoms with Crippen molar-refractivity contribution >= 4 is 56.2 Å². The summed E-state index contributed by atoms with van der Waals surface area (Å²) in [7, 11) is -3.47. The van der Waals surface area contributed by atoms with Crippen LogP contribution in [0.4, 0.5) is 4.79 Å². The molecule has 1 saturated heterocycles. The fourth-order valence-corrected chi connectivity index (χ4v) is 9.04. The van der Waals surface area contributed by atoms with Crippen LogP contribution in [0, 0.1) is 11.8 Å². The minimum atomic E-state index is -3.47. The van der Waals surface area contributed by atoms with E-state index in [2.05, 4.69) is 53.3 Å². The number of rotatable bonds is 14. The van der Waals surface area contributed by atoms with Crippen molar-refractivity contribution in [2.24, 2.45) is 17.6 Å². The number of carbonyl (C=O) groups excluding carboxylic acids is 4. The van der Waals surface area contributed by atoms with Crippen molar-refractivity contribution in [1.82, 2.24) is 29.5 Å². The van der Waals surface area contributed by atoms with Crippen LogP contribution in [-0.2, 0) is 29.1 Å². The van der Waals surface area contributed by atoms with Gasteiger partial charge in [-0.05, 0) is 110 Å². The SMILES string of the molecule is CC(C)(C)OC(=O)NCC(=O)N1CCCC1C(N)=O.CC(C)c1csc(-c2cccc3c2[nH]c(=O)n3C(C)C)n1.CCCCC/C=C\C1CC1C(=O)NS(=O)(=O)C1(C)CC1. The molecule has 0 radical (unpaired) electrons. The van der Waals surface area contributed by atoms with E-state index in [0.29, 0.717) is 31.7 Å². The Morgan fingerprint density at radius 3 is 2.42 bits per heavy atom. The third-order valence-corrected chi connectivity index (χ3v) is 13.7. The number of benzene rings is 1. The van der Waals surface area contributed by atoms with Gasteiger partial charge in [-0.15, -0.1) is 11.3 Å². The zero-order valence-electron chi connectivity index (χ0n) is 36.6. The minimum absolute atomic E-state index is 0.0620.